The van der Waals surface area contributed by atoms with E-state index in [1.165, 1.54) is 0 Å². The van der Waals surface area contributed by atoms with Gasteiger partial charge in [-0.25, -0.2) is 4.79 Å². The smallest absolute Gasteiger partial charge is 0.372 e. The van der Waals surface area contributed by atoms with E-state index in [1.807, 2.05) is 32.0 Å². The van der Waals surface area contributed by atoms with Crippen LogP contribution in [-0.2, 0) is 0 Å². The van der Waals surface area contributed by atoms with Gasteiger partial charge in [0.15, 0.2) is 0 Å². The highest BCUT2D eigenvalue weighted by Crippen LogP contribution is 2.24. The molecule has 0 atom stereocenters. The number of aromatic nitrogens is 1. The Balaban J connectivity index is 2.32. The van der Waals surface area contributed by atoms with Gasteiger partial charge in [-0.2, -0.15) is 4.39 Å². The molecule has 0 aliphatic carbocycles. The molecule has 3 rings (SSSR count). The Morgan fingerprint density at radius 1 is 1.05 bits per heavy atom. The second-order valence-electron chi connectivity index (χ2n) is 4.96. The number of halogens is 1. The molecule has 102 valence electrons. The predicted octanol–water partition coefficient (Wildman–Crippen LogP) is 3.65. The highest BCUT2D eigenvalue weighted by Gasteiger charge is 2.12. The molecule has 0 unspecified atom stereocenters. The van der Waals surface area contributed by atoms with Gasteiger partial charge in [0.05, 0.1) is 0 Å². The van der Waals surface area contributed by atoms with E-state index >= 15 is 0 Å². The summed E-state index contributed by atoms with van der Waals surface area (Å²) in [5.74, 6) is -0.821. The lowest BCUT2D eigenvalue weighted by Crippen LogP contribution is -2.07. The zero-order chi connectivity index (χ0) is 14.4. The summed E-state index contributed by atoms with van der Waals surface area (Å²) in [6, 6.07) is 9.49. The molecule has 4 heteroatoms. The molecular formula is C16H14FNO2. The Bertz CT molecular complexity index is 855. The van der Waals surface area contributed by atoms with Crippen molar-refractivity contribution in [3.63, 3.8) is 0 Å². The van der Waals surface area contributed by atoms with Gasteiger partial charge in [0.2, 0.25) is 5.82 Å². The molecule has 2 aromatic heterocycles. The fourth-order valence-electron chi connectivity index (χ4n) is 2.54. The number of benzene rings is 1. The number of rotatable bonds is 1. The van der Waals surface area contributed by atoms with E-state index in [0.717, 1.165) is 17.1 Å². The molecule has 3 nitrogen and oxygen atoms in total. The number of aryl methyl sites for hydroxylation is 3. The van der Waals surface area contributed by atoms with E-state index in [2.05, 4.69) is 4.57 Å². The molecule has 0 spiro atoms. The van der Waals surface area contributed by atoms with Crippen molar-refractivity contribution in [2.24, 2.45) is 0 Å². The zero-order valence-electron chi connectivity index (χ0n) is 11.5. The van der Waals surface area contributed by atoms with Crippen LogP contribution in [-0.4, -0.2) is 4.57 Å². The highest BCUT2D eigenvalue weighted by atomic mass is 19.1. The molecule has 3 aromatic rings. The Hall–Kier alpha value is -2.36. The normalized spacial score (nSPS) is 11.2. The number of hydrogen-bond acceptors (Lipinski definition) is 2. The lowest BCUT2D eigenvalue weighted by molar-refractivity contribution is 0.482. The van der Waals surface area contributed by atoms with E-state index in [4.69, 9.17) is 4.42 Å². The van der Waals surface area contributed by atoms with E-state index in [-0.39, 0.29) is 0 Å². The maximum absolute atomic E-state index is 13.6. The quantitative estimate of drug-likeness (QED) is 0.633. The van der Waals surface area contributed by atoms with E-state index in [9.17, 15) is 9.18 Å². The van der Waals surface area contributed by atoms with Crippen LogP contribution in [0.15, 0.2) is 39.5 Å². The maximum atomic E-state index is 13.6. The molecule has 0 saturated carbocycles. The van der Waals surface area contributed by atoms with Crippen LogP contribution in [0.4, 0.5) is 4.39 Å². The van der Waals surface area contributed by atoms with E-state index < -0.39 is 11.4 Å². The SMILES string of the molecule is Cc1c(F)c(=O)oc2cc(-n3c(C)ccc3C)ccc12. The Kier molecular flexibility index (Phi) is 2.74. The van der Waals surface area contributed by atoms with Crippen LogP contribution < -0.4 is 5.63 Å². The summed E-state index contributed by atoms with van der Waals surface area (Å²) >= 11 is 0. The predicted molar refractivity (Wildman–Crippen MR) is 76.0 cm³/mol. The highest BCUT2D eigenvalue weighted by molar-refractivity contribution is 5.82. The van der Waals surface area contributed by atoms with Crippen molar-refractivity contribution < 1.29 is 8.81 Å². The standard InChI is InChI=1S/C16H14FNO2/c1-9-4-5-10(2)18(9)12-6-7-13-11(3)15(17)16(19)20-14(13)8-12/h4-8H,1-3H3. The number of fused-ring (bicyclic) bond motifs is 1. The summed E-state index contributed by atoms with van der Waals surface area (Å²) in [5, 5.41) is 0.619. The van der Waals surface area contributed by atoms with Crippen molar-refractivity contribution in [3.8, 4) is 5.69 Å². The Morgan fingerprint density at radius 2 is 1.70 bits per heavy atom. The third-order valence-electron chi connectivity index (χ3n) is 3.61. The minimum Gasteiger partial charge on any atom is -0.421 e. The molecule has 0 aliphatic rings. The molecule has 0 fully saturated rings. The van der Waals surface area contributed by atoms with E-state index in [0.29, 0.717) is 16.5 Å². The first-order chi connectivity index (χ1) is 9.49. The summed E-state index contributed by atoms with van der Waals surface area (Å²) < 4.78 is 20.7. The summed E-state index contributed by atoms with van der Waals surface area (Å²) in [5.41, 5.74) is 2.87. The van der Waals surface area contributed by atoms with Crippen molar-refractivity contribution >= 4 is 11.0 Å². The summed E-state index contributed by atoms with van der Waals surface area (Å²) in [7, 11) is 0. The van der Waals surface area contributed by atoms with Crippen LogP contribution in [0.5, 0.6) is 0 Å². The fourth-order valence-corrected chi connectivity index (χ4v) is 2.54. The third kappa shape index (κ3) is 1.76. The monoisotopic (exact) mass is 271 g/mol. The number of nitrogens with zero attached hydrogens (tertiary/aromatic N) is 1. The van der Waals surface area contributed by atoms with Crippen LogP contribution in [0.3, 0.4) is 0 Å². The molecule has 0 saturated heterocycles. The van der Waals surface area contributed by atoms with Gasteiger partial charge in [0.25, 0.3) is 0 Å². The lowest BCUT2D eigenvalue weighted by Gasteiger charge is -2.10. The summed E-state index contributed by atoms with van der Waals surface area (Å²) in [4.78, 5) is 11.4. The van der Waals surface area contributed by atoms with Gasteiger partial charge < -0.3 is 8.98 Å². The average Bonchev–Trinajstić information content (AvgIpc) is 2.75. The molecule has 1 aromatic carbocycles. The first kappa shape index (κ1) is 12.7. The van der Waals surface area contributed by atoms with Gasteiger partial charge >= 0.3 is 5.63 Å². The molecule has 0 amide bonds. The minimum absolute atomic E-state index is 0.323. The van der Waals surface area contributed by atoms with Gasteiger partial charge in [0, 0.05) is 34.1 Å². The topological polar surface area (TPSA) is 35.1 Å². The molecule has 0 radical (unpaired) electrons. The second-order valence-corrected chi connectivity index (χ2v) is 4.96. The maximum Gasteiger partial charge on any atom is 0.372 e. The third-order valence-corrected chi connectivity index (χ3v) is 3.61. The first-order valence-corrected chi connectivity index (χ1v) is 6.37. The largest absolute Gasteiger partial charge is 0.421 e. The van der Waals surface area contributed by atoms with Crippen molar-refractivity contribution in [2.75, 3.05) is 0 Å². The van der Waals surface area contributed by atoms with Gasteiger partial charge in [-0.1, -0.05) is 0 Å². The summed E-state index contributed by atoms with van der Waals surface area (Å²) in [6.45, 7) is 5.59. The van der Waals surface area contributed by atoms with Crippen molar-refractivity contribution in [3.05, 3.63) is 63.5 Å². The number of hydrogen-bond donors (Lipinski definition) is 0. The molecule has 0 aliphatic heterocycles. The Morgan fingerprint density at radius 3 is 2.35 bits per heavy atom. The van der Waals surface area contributed by atoms with Gasteiger partial charge in [0.1, 0.15) is 5.58 Å². The van der Waals surface area contributed by atoms with Crippen molar-refractivity contribution in [2.45, 2.75) is 20.8 Å². The Labute approximate surface area is 115 Å². The molecular weight excluding hydrogens is 257 g/mol. The van der Waals surface area contributed by atoms with Crippen molar-refractivity contribution in [1.29, 1.82) is 0 Å². The van der Waals surface area contributed by atoms with Crippen molar-refractivity contribution in [1.82, 2.24) is 4.57 Å². The fraction of sp³-hybridized carbons (Fsp3) is 0.188. The van der Waals surface area contributed by atoms with E-state index in [1.54, 1.807) is 19.1 Å². The van der Waals surface area contributed by atoms with Crippen LogP contribution in [0.25, 0.3) is 16.7 Å². The second kappa shape index (κ2) is 4.34. The molecule has 0 bridgehead atoms. The zero-order valence-corrected chi connectivity index (χ0v) is 11.5. The van der Waals surface area contributed by atoms with Crippen LogP contribution in [0.2, 0.25) is 0 Å². The van der Waals surface area contributed by atoms with Gasteiger partial charge in [-0.05, 0) is 45.0 Å². The van der Waals surface area contributed by atoms with Crippen LogP contribution in [0.1, 0.15) is 17.0 Å². The van der Waals surface area contributed by atoms with Crippen LogP contribution >= 0.6 is 0 Å². The molecule has 2 heterocycles. The van der Waals surface area contributed by atoms with Gasteiger partial charge in [-0.3, -0.25) is 0 Å². The van der Waals surface area contributed by atoms with Gasteiger partial charge in [-0.15, -0.1) is 0 Å². The lowest BCUT2D eigenvalue weighted by atomic mass is 10.1. The van der Waals surface area contributed by atoms with Crippen LogP contribution in [0, 0.1) is 26.6 Å². The average molecular weight is 271 g/mol. The summed E-state index contributed by atoms with van der Waals surface area (Å²) in [6.07, 6.45) is 0. The molecule has 20 heavy (non-hydrogen) atoms. The minimum atomic E-state index is -0.923. The first-order valence-electron chi connectivity index (χ1n) is 6.37. The molecule has 0 N–H and O–H groups in total.